The fraction of sp³-hybridized carbons (Fsp3) is 0. The molecule has 0 aliphatic carbocycles. The summed E-state index contributed by atoms with van der Waals surface area (Å²) < 4.78 is 23.3. The molecule has 0 unspecified atom stereocenters. The van der Waals surface area contributed by atoms with Gasteiger partial charge in [0.05, 0.1) is 0 Å². The molecular weight excluding hydrogens is 254 g/mol. The summed E-state index contributed by atoms with van der Waals surface area (Å²) in [6.07, 6.45) is 0. The molecule has 0 saturated heterocycles. The van der Waals surface area contributed by atoms with Crippen molar-refractivity contribution in [3.05, 3.63) is 0 Å². The Morgan fingerprint density at radius 2 is 1.17 bits per heavy atom. The molecule has 0 aromatic heterocycles. The van der Waals surface area contributed by atoms with E-state index in [2.05, 4.69) is 0 Å². The standard InChI is InChI=1S/2K.H2O3Te/c;;1-4(2)3/h;;(H2,1,2,3). The molecule has 3 nitrogen and oxygen atoms in total. The van der Waals surface area contributed by atoms with Gasteiger partial charge in [-0.3, -0.25) is 0 Å². The molecule has 2 N–H and O–H groups in total. The van der Waals surface area contributed by atoms with Crippen molar-refractivity contribution >= 4 is 123 Å². The minimum atomic E-state index is -3.61. The van der Waals surface area contributed by atoms with E-state index in [-0.39, 0.29) is 103 Å². The average Bonchev–Trinajstić information content (AvgIpc) is 0.811. The van der Waals surface area contributed by atoms with Gasteiger partial charge < -0.3 is 0 Å². The average molecular weight is 256 g/mol. The summed E-state index contributed by atoms with van der Waals surface area (Å²) in [5, 5.41) is 0. The Morgan fingerprint density at radius 1 is 1.17 bits per heavy atom. The van der Waals surface area contributed by atoms with Crippen molar-refractivity contribution in [1.29, 1.82) is 0 Å². The molecule has 0 aliphatic heterocycles. The molecule has 0 heterocycles. The van der Waals surface area contributed by atoms with E-state index in [4.69, 9.17) is 10.0 Å². The number of hydrogen-bond donors (Lipinski definition) is 2. The van der Waals surface area contributed by atoms with Crippen LogP contribution in [0.5, 0.6) is 0 Å². The van der Waals surface area contributed by atoms with Gasteiger partial charge >= 0.3 is 30.4 Å². The van der Waals surface area contributed by atoms with Crippen LogP contribution in [0.25, 0.3) is 0 Å². The van der Waals surface area contributed by atoms with Gasteiger partial charge in [-0.05, 0) is 0 Å². The summed E-state index contributed by atoms with van der Waals surface area (Å²) in [4.78, 5) is 0. The van der Waals surface area contributed by atoms with Crippen LogP contribution in [0.4, 0.5) is 0 Å². The van der Waals surface area contributed by atoms with E-state index in [9.17, 15) is 0 Å². The van der Waals surface area contributed by atoms with Gasteiger partial charge in [0.25, 0.3) is 0 Å². The van der Waals surface area contributed by atoms with E-state index in [1.54, 1.807) is 0 Å². The Labute approximate surface area is 129 Å². The topological polar surface area (TPSA) is 57.5 Å². The minimum absolute atomic E-state index is 0. The Bertz CT molecular complexity index is 31.8. The third kappa shape index (κ3) is 25.0. The SMILES string of the molecule is O=[Te](O)O.[K].[K]. The van der Waals surface area contributed by atoms with Gasteiger partial charge in [0.15, 0.2) is 0 Å². The Balaban J connectivity index is -0.0000000450. The quantitative estimate of drug-likeness (QED) is 0.476. The molecule has 0 saturated carbocycles. The monoisotopic (exact) mass is 258 g/mol. The summed E-state index contributed by atoms with van der Waals surface area (Å²) in [7, 11) is 0. The molecular formula is H2K2O3Te. The van der Waals surface area contributed by atoms with E-state index in [1.165, 1.54) is 0 Å². The van der Waals surface area contributed by atoms with Crippen molar-refractivity contribution in [2.24, 2.45) is 0 Å². The van der Waals surface area contributed by atoms with Gasteiger partial charge in [-0.2, -0.15) is 0 Å². The molecule has 0 spiro atoms. The Morgan fingerprint density at radius 3 is 1.17 bits per heavy atom. The molecule has 0 aromatic rings. The zero-order valence-electron chi connectivity index (χ0n) is 3.71. The van der Waals surface area contributed by atoms with E-state index in [1.807, 2.05) is 0 Å². The van der Waals surface area contributed by atoms with Crippen LogP contribution in [0.15, 0.2) is 0 Å². The normalized spacial score (nSPS) is 5.83. The molecule has 0 bridgehead atoms. The summed E-state index contributed by atoms with van der Waals surface area (Å²) in [6.45, 7) is 0. The third-order valence-electron chi connectivity index (χ3n) is 0. The van der Waals surface area contributed by atoms with Crippen LogP contribution in [0.3, 0.4) is 0 Å². The maximum atomic E-state index is 8.81. The summed E-state index contributed by atoms with van der Waals surface area (Å²) >= 11 is -3.61. The van der Waals surface area contributed by atoms with E-state index in [0.29, 0.717) is 0 Å². The van der Waals surface area contributed by atoms with Gasteiger partial charge in [0, 0.05) is 103 Å². The van der Waals surface area contributed by atoms with Crippen molar-refractivity contribution in [2.45, 2.75) is 0 Å². The van der Waals surface area contributed by atoms with Crippen LogP contribution in [0.1, 0.15) is 0 Å². The number of hydrogen-bond acceptors (Lipinski definition) is 1. The summed E-state index contributed by atoms with van der Waals surface area (Å²) in [6, 6.07) is 0. The molecule has 0 aromatic carbocycles. The van der Waals surface area contributed by atoms with Crippen LogP contribution in [0, 0.1) is 0 Å². The molecule has 2 radical (unpaired) electrons. The summed E-state index contributed by atoms with van der Waals surface area (Å²) in [5.41, 5.74) is 0. The third-order valence-corrected chi connectivity index (χ3v) is 0. The van der Waals surface area contributed by atoms with Crippen molar-refractivity contribution < 1.29 is 10.0 Å². The smallest absolute Gasteiger partial charge is 0 e. The zero-order chi connectivity index (χ0) is 3.58. The molecule has 0 aliphatic rings. The van der Waals surface area contributed by atoms with Crippen molar-refractivity contribution in [1.82, 2.24) is 0 Å². The summed E-state index contributed by atoms with van der Waals surface area (Å²) in [5.74, 6) is 0. The first-order valence-electron chi connectivity index (χ1n) is 0.532. The maximum absolute atomic E-state index is 8.81. The zero-order valence-corrected chi connectivity index (χ0v) is 12.3. The fourth-order valence-corrected chi connectivity index (χ4v) is 0. The molecule has 0 rings (SSSR count). The van der Waals surface area contributed by atoms with Crippen LogP contribution in [0.2, 0.25) is 0 Å². The van der Waals surface area contributed by atoms with Crippen molar-refractivity contribution in [3.8, 4) is 0 Å². The van der Waals surface area contributed by atoms with Crippen LogP contribution >= 0.6 is 0 Å². The van der Waals surface area contributed by atoms with Crippen LogP contribution in [-0.2, 0) is 3.10 Å². The predicted octanol–water partition coefficient (Wildman–Crippen LogP) is -2.38. The Hall–Kier alpha value is 3.78. The van der Waals surface area contributed by atoms with Gasteiger partial charge in [-0.1, -0.05) is 0 Å². The van der Waals surface area contributed by atoms with Crippen molar-refractivity contribution in [3.63, 3.8) is 0 Å². The molecule has 0 atom stereocenters. The molecule has 0 fully saturated rings. The first-order valence-corrected chi connectivity index (χ1v) is 3.57. The minimum Gasteiger partial charge on any atom is 0 e. The second-order valence-electron chi connectivity index (χ2n) is 0.231. The van der Waals surface area contributed by atoms with E-state index < -0.39 is 20.4 Å². The fourth-order valence-electron chi connectivity index (χ4n) is 0. The second kappa shape index (κ2) is 11.6. The largest absolute Gasteiger partial charge is 0 e. The first-order chi connectivity index (χ1) is 1.73. The van der Waals surface area contributed by atoms with Gasteiger partial charge in [0.1, 0.15) is 0 Å². The van der Waals surface area contributed by atoms with Crippen molar-refractivity contribution in [2.75, 3.05) is 0 Å². The van der Waals surface area contributed by atoms with E-state index in [0.717, 1.165) is 0 Å². The molecule has 28 valence electrons. The number of rotatable bonds is 0. The molecule has 0 amide bonds. The van der Waals surface area contributed by atoms with Gasteiger partial charge in [-0.25, -0.2) is 0 Å². The Kier molecular flexibility index (Phi) is 31.6. The predicted molar refractivity (Wildman–Crippen MR) is 22.4 cm³/mol. The van der Waals surface area contributed by atoms with Gasteiger partial charge in [-0.15, -0.1) is 0 Å². The maximum Gasteiger partial charge on any atom is 0 e. The molecule has 6 heteroatoms. The van der Waals surface area contributed by atoms with Gasteiger partial charge in [0.2, 0.25) is 0 Å². The van der Waals surface area contributed by atoms with Crippen LogP contribution in [-0.4, -0.2) is 130 Å². The van der Waals surface area contributed by atoms with E-state index >= 15 is 0 Å². The first kappa shape index (κ1) is 16.4. The van der Waals surface area contributed by atoms with Crippen LogP contribution < -0.4 is 0 Å². The molecule has 6 heavy (non-hydrogen) atoms. The second-order valence-corrected chi connectivity index (χ2v) is 1.55.